The van der Waals surface area contributed by atoms with Crippen LogP contribution in [0.1, 0.15) is 34.7 Å². The fourth-order valence-electron chi connectivity index (χ4n) is 3.65. The van der Waals surface area contributed by atoms with Crippen LogP contribution < -0.4 is 14.8 Å². The highest BCUT2D eigenvalue weighted by atomic mass is 35.5. The first kappa shape index (κ1) is 18.8. The van der Waals surface area contributed by atoms with Crippen LogP contribution >= 0.6 is 11.6 Å². The Morgan fingerprint density at radius 3 is 2.86 bits per heavy atom. The molecule has 144 valence electrons. The number of ether oxygens (including phenoxy) is 2. The maximum atomic E-state index is 6.33. The molecule has 1 atom stereocenters. The predicted molar refractivity (Wildman–Crippen MR) is 111 cm³/mol. The van der Waals surface area contributed by atoms with Crippen LogP contribution in [-0.2, 0) is 19.6 Å². The van der Waals surface area contributed by atoms with Gasteiger partial charge in [0.1, 0.15) is 6.61 Å². The number of halogens is 1. The van der Waals surface area contributed by atoms with E-state index in [-0.39, 0.29) is 0 Å². The highest BCUT2D eigenvalue weighted by Crippen LogP contribution is 2.36. The summed E-state index contributed by atoms with van der Waals surface area (Å²) in [5, 5.41) is 4.53. The lowest BCUT2D eigenvalue weighted by molar-refractivity contribution is 0.283. The van der Waals surface area contributed by atoms with E-state index in [1.807, 2.05) is 36.4 Å². The summed E-state index contributed by atoms with van der Waals surface area (Å²) in [5.41, 5.74) is 4.76. The largest absolute Gasteiger partial charge is 0.493 e. The highest BCUT2D eigenvalue weighted by Gasteiger charge is 2.23. The molecule has 0 aliphatic heterocycles. The number of hydrogen-bond donors (Lipinski definition) is 1. The van der Waals surface area contributed by atoms with Crippen LogP contribution in [0.25, 0.3) is 0 Å². The number of hydrogen-bond acceptors (Lipinski definition) is 4. The molecular formula is C23H23ClN2O2. The van der Waals surface area contributed by atoms with Gasteiger partial charge in [-0.05, 0) is 53.8 Å². The summed E-state index contributed by atoms with van der Waals surface area (Å²) in [5.74, 6) is 1.46. The Bertz CT molecular complexity index is 947. The number of benzene rings is 2. The summed E-state index contributed by atoms with van der Waals surface area (Å²) < 4.78 is 11.4. The molecule has 0 spiro atoms. The van der Waals surface area contributed by atoms with E-state index in [2.05, 4.69) is 22.4 Å². The monoisotopic (exact) mass is 394 g/mol. The lowest BCUT2D eigenvalue weighted by atomic mass is 10.1. The van der Waals surface area contributed by atoms with E-state index >= 15 is 0 Å². The topological polar surface area (TPSA) is 43.4 Å². The third-order valence-corrected chi connectivity index (χ3v) is 5.47. The van der Waals surface area contributed by atoms with Crippen molar-refractivity contribution in [2.75, 3.05) is 7.11 Å². The molecule has 4 rings (SSSR count). The molecular weight excluding hydrogens is 372 g/mol. The average Bonchev–Trinajstić information content (AvgIpc) is 3.16. The molecule has 0 saturated carbocycles. The molecule has 1 heterocycles. The Labute approximate surface area is 170 Å². The lowest BCUT2D eigenvalue weighted by Crippen LogP contribution is -2.18. The van der Waals surface area contributed by atoms with Crippen LogP contribution in [0.2, 0.25) is 5.02 Å². The van der Waals surface area contributed by atoms with Crippen molar-refractivity contribution in [3.63, 3.8) is 0 Å². The van der Waals surface area contributed by atoms with Crippen molar-refractivity contribution in [1.29, 1.82) is 0 Å². The molecule has 1 aromatic heterocycles. The van der Waals surface area contributed by atoms with Gasteiger partial charge >= 0.3 is 0 Å². The summed E-state index contributed by atoms with van der Waals surface area (Å²) in [4.78, 5) is 4.12. The van der Waals surface area contributed by atoms with Crippen molar-refractivity contribution in [1.82, 2.24) is 10.3 Å². The number of fused-ring (bicyclic) bond motifs is 1. The van der Waals surface area contributed by atoms with Crippen molar-refractivity contribution in [3.8, 4) is 11.5 Å². The zero-order valence-electron chi connectivity index (χ0n) is 15.8. The van der Waals surface area contributed by atoms with Gasteiger partial charge < -0.3 is 14.8 Å². The van der Waals surface area contributed by atoms with Gasteiger partial charge in [0.05, 0.1) is 7.11 Å². The number of methoxy groups -OCH3 is 1. The number of aromatic nitrogens is 1. The summed E-state index contributed by atoms with van der Waals surface area (Å²) in [6, 6.07) is 16.5. The summed E-state index contributed by atoms with van der Waals surface area (Å²) >= 11 is 6.33. The van der Waals surface area contributed by atoms with E-state index in [9.17, 15) is 0 Å². The molecule has 28 heavy (non-hydrogen) atoms. The smallest absolute Gasteiger partial charge is 0.161 e. The quantitative estimate of drug-likeness (QED) is 0.605. The molecule has 1 aliphatic rings. The fourth-order valence-corrected chi connectivity index (χ4v) is 3.93. The van der Waals surface area contributed by atoms with Gasteiger partial charge in [-0.3, -0.25) is 4.98 Å². The minimum Gasteiger partial charge on any atom is -0.493 e. The summed E-state index contributed by atoms with van der Waals surface area (Å²) in [7, 11) is 1.66. The lowest BCUT2D eigenvalue weighted by Gasteiger charge is -2.16. The molecule has 1 N–H and O–H groups in total. The van der Waals surface area contributed by atoms with Gasteiger partial charge in [-0.2, -0.15) is 0 Å². The van der Waals surface area contributed by atoms with Crippen LogP contribution in [0, 0.1) is 0 Å². The molecule has 0 amide bonds. The molecule has 5 heteroatoms. The SMILES string of the molecule is COc1ccc(CNC2CCc3c(Cl)cccc32)cc1OCc1cccnc1. The molecule has 0 fully saturated rings. The third-order valence-electron chi connectivity index (χ3n) is 5.11. The normalized spacial score (nSPS) is 15.3. The summed E-state index contributed by atoms with van der Waals surface area (Å²) in [6.07, 6.45) is 5.65. The Hall–Kier alpha value is -2.56. The van der Waals surface area contributed by atoms with Gasteiger partial charge in [-0.15, -0.1) is 0 Å². The van der Waals surface area contributed by atoms with E-state index in [0.29, 0.717) is 12.6 Å². The van der Waals surface area contributed by atoms with E-state index < -0.39 is 0 Å². The Morgan fingerprint density at radius 2 is 2.04 bits per heavy atom. The number of pyridine rings is 1. The number of nitrogens with zero attached hydrogens (tertiary/aromatic N) is 1. The van der Waals surface area contributed by atoms with Gasteiger partial charge in [0, 0.05) is 35.6 Å². The number of rotatable bonds is 7. The van der Waals surface area contributed by atoms with Gasteiger partial charge in [0.15, 0.2) is 11.5 Å². The molecule has 0 saturated heterocycles. The Kier molecular flexibility index (Phi) is 5.79. The first-order valence-corrected chi connectivity index (χ1v) is 9.81. The summed E-state index contributed by atoms with van der Waals surface area (Å²) in [6.45, 7) is 1.21. The zero-order chi connectivity index (χ0) is 19.3. The van der Waals surface area contributed by atoms with Crippen LogP contribution in [-0.4, -0.2) is 12.1 Å². The average molecular weight is 395 g/mol. The van der Waals surface area contributed by atoms with Crippen molar-refractivity contribution in [3.05, 3.63) is 88.2 Å². The van der Waals surface area contributed by atoms with Crippen molar-refractivity contribution in [2.24, 2.45) is 0 Å². The second-order valence-corrected chi connectivity index (χ2v) is 7.32. The van der Waals surface area contributed by atoms with E-state index in [4.69, 9.17) is 21.1 Å². The molecule has 0 radical (unpaired) electrons. The van der Waals surface area contributed by atoms with Gasteiger partial charge in [0.2, 0.25) is 0 Å². The minimum atomic E-state index is 0.329. The highest BCUT2D eigenvalue weighted by molar-refractivity contribution is 6.31. The minimum absolute atomic E-state index is 0.329. The third kappa shape index (κ3) is 4.13. The standard InChI is InChI=1S/C23H23ClN2O2/c1-27-22-10-7-16(12-23(22)28-15-17-4-3-11-25-13-17)14-26-21-9-8-18-19(21)5-2-6-20(18)24/h2-7,10-13,21,26H,8-9,14-15H2,1H3. The Morgan fingerprint density at radius 1 is 1.11 bits per heavy atom. The molecule has 2 aromatic carbocycles. The molecule has 1 unspecified atom stereocenters. The predicted octanol–water partition coefficient (Wildman–Crippen LogP) is 5.10. The molecule has 0 bridgehead atoms. The van der Waals surface area contributed by atoms with E-state index in [0.717, 1.165) is 47.0 Å². The van der Waals surface area contributed by atoms with E-state index in [1.165, 1.54) is 11.1 Å². The van der Waals surface area contributed by atoms with Crippen molar-refractivity contribution >= 4 is 11.6 Å². The Balaban J connectivity index is 1.44. The van der Waals surface area contributed by atoms with Gasteiger partial charge in [-0.1, -0.05) is 35.9 Å². The van der Waals surface area contributed by atoms with E-state index in [1.54, 1.807) is 19.5 Å². The maximum Gasteiger partial charge on any atom is 0.161 e. The second-order valence-electron chi connectivity index (χ2n) is 6.91. The molecule has 4 nitrogen and oxygen atoms in total. The van der Waals surface area contributed by atoms with Gasteiger partial charge in [0.25, 0.3) is 0 Å². The van der Waals surface area contributed by atoms with Crippen LogP contribution in [0.4, 0.5) is 0 Å². The zero-order valence-corrected chi connectivity index (χ0v) is 16.6. The first-order valence-electron chi connectivity index (χ1n) is 9.44. The fraction of sp³-hybridized carbons (Fsp3) is 0.261. The molecule has 3 aromatic rings. The van der Waals surface area contributed by atoms with Crippen LogP contribution in [0.3, 0.4) is 0 Å². The van der Waals surface area contributed by atoms with Crippen LogP contribution in [0.5, 0.6) is 11.5 Å². The van der Waals surface area contributed by atoms with Crippen molar-refractivity contribution in [2.45, 2.75) is 32.0 Å². The van der Waals surface area contributed by atoms with Crippen LogP contribution in [0.15, 0.2) is 60.9 Å². The van der Waals surface area contributed by atoms with Gasteiger partial charge in [-0.25, -0.2) is 0 Å². The molecule has 1 aliphatic carbocycles. The van der Waals surface area contributed by atoms with Crippen molar-refractivity contribution < 1.29 is 9.47 Å². The first-order chi connectivity index (χ1) is 13.7. The number of nitrogens with one attached hydrogen (secondary N) is 1. The maximum absolute atomic E-state index is 6.33. The second kappa shape index (κ2) is 8.63.